The molecule has 3 nitrogen and oxygen atoms in total. The van der Waals surface area contributed by atoms with Crippen LogP contribution in [-0.2, 0) is 6.42 Å². The van der Waals surface area contributed by atoms with Gasteiger partial charge < -0.3 is 10.1 Å². The topological polar surface area (TPSA) is 38.3 Å². The van der Waals surface area contributed by atoms with E-state index in [4.69, 9.17) is 16.3 Å². The second kappa shape index (κ2) is 7.87. The molecule has 4 heteroatoms. The molecule has 0 bridgehead atoms. The summed E-state index contributed by atoms with van der Waals surface area (Å²) in [5.41, 5.74) is 4.16. The van der Waals surface area contributed by atoms with Crippen molar-refractivity contribution in [2.45, 2.75) is 39.2 Å². The van der Waals surface area contributed by atoms with E-state index < -0.39 is 0 Å². The van der Waals surface area contributed by atoms with E-state index in [-0.39, 0.29) is 11.3 Å². The van der Waals surface area contributed by atoms with Crippen LogP contribution < -0.4 is 10.1 Å². The number of fused-ring (bicyclic) bond motifs is 2. The van der Waals surface area contributed by atoms with E-state index in [9.17, 15) is 4.79 Å². The first-order chi connectivity index (χ1) is 12.7. The van der Waals surface area contributed by atoms with Gasteiger partial charge in [0.25, 0.3) is 0 Å². The lowest BCUT2D eigenvalue weighted by molar-refractivity contribution is 0.103. The molecule has 1 N–H and O–H groups in total. The zero-order chi connectivity index (χ0) is 19.6. The molecule has 2 aromatic rings. The molecule has 0 saturated carbocycles. The van der Waals surface area contributed by atoms with Gasteiger partial charge in [-0.2, -0.15) is 0 Å². The fourth-order valence-corrected chi connectivity index (χ4v) is 3.42. The molecular weight excluding hydrogens is 358 g/mol. The third kappa shape index (κ3) is 4.79. The van der Waals surface area contributed by atoms with Crippen LogP contribution in [0.25, 0.3) is 5.57 Å². The number of carbonyl (C=O) groups is 1. The lowest BCUT2D eigenvalue weighted by atomic mass is 9.98. The molecule has 0 saturated heterocycles. The van der Waals surface area contributed by atoms with Crippen LogP contribution >= 0.6 is 11.6 Å². The van der Waals surface area contributed by atoms with Crippen molar-refractivity contribution in [1.82, 2.24) is 5.32 Å². The van der Waals surface area contributed by atoms with Gasteiger partial charge in [-0.15, -0.1) is 0 Å². The van der Waals surface area contributed by atoms with Crippen LogP contribution in [0.4, 0.5) is 0 Å². The molecule has 0 fully saturated rings. The highest BCUT2D eigenvalue weighted by Crippen LogP contribution is 2.33. The Hall–Kier alpha value is -2.10. The summed E-state index contributed by atoms with van der Waals surface area (Å²) in [6.07, 6.45) is 1.52. The van der Waals surface area contributed by atoms with Crippen molar-refractivity contribution in [3.8, 4) is 5.75 Å². The minimum absolute atomic E-state index is 0.0104. The monoisotopic (exact) mass is 383 g/mol. The third-order valence-corrected chi connectivity index (χ3v) is 4.81. The van der Waals surface area contributed by atoms with Gasteiger partial charge in [0.05, 0.1) is 6.61 Å². The number of benzene rings is 2. The summed E-state index contributed by atoms with van der Waals surface area (Å²) in [6, 6.07) is 11.0. The van der Waals surface area contributed by atoms with Gasteiger partial charge in [0, 0.05) is 21.7 Å². The van der Waals surface area contributed by atoms with E-state index in [1.165, 1.54) is 0 Å². The van der Waals surface area contributed by atoms with Gasteiger partial charge in [-0.1, -0.05) is 18.2 Å². The summed E-state index contributed by atoms with van der Waals surface area (Å²) in [5, 5.41) is 4.08. The Morgan fingerprint density at radius 3 is 2.59 bits per heavy atom. The van der Waals surface area contributed by atoms with Gasteiger partial charge in [-0.3, -0.25) is 4.79 Å². The number of ether oxygens (including phenoxy) is 1. The molecule has 0 heterocycles. The van der Waals surface area contributed by atoms with Crippen LogP contribution in [0.15, 0.2) is 43.0 Å². The van der Waals surface area contributed by atoms with Crippen LogP contribution in [0.2, 0.25) is 5.02 Å². The highest BCUT2D eigenvalue weighted by atomic mass is 35.5. The molecule has 0 unspecified atom stereocenters. The summed E-state index contributed by atoms with van der Waals surface area (Å²) < 4.78 is 5.89. The van der Waals surface area contributed by atoms with Crippen molar-refractivity contribution in [1.29, 1.82) is 0 Å². The summed E-state index contributed by atoms with van der Waals surface area (Å²) in [5.74, 6) is 0.777. The van der Waals surface area contributed by atoms with E-state index >= 15 is 0 Å². The molecule has 0 radical (unpaired) electrons. The van der Waals surface area contributed by atoms with Crippen LogP contribution in [0.1, 0.15) is 54.2 Å². The smallest absolute Gasteiger partial charge is 0.193 e. The van der Waals surface area contributed by atoms with Gasteiger partial charge in [-0.05, 0) is 93.3 Å². The van der Waals surface area contributed by atoms with Gasteiger partial charge in [0.2, 0.25) is 0 Å². The SMILES string of the molecule is C=C1Cc2cc(Cl)ccc2C(=O)c2ccc(OCCCNC(C)(C)C)cc21. The first-order valence-corrected chi connectivity index (χ1v) is 9.65. The van der Waals surface area contributed by atoms with Gasteiger partial charge in [0.1, 0.15) is 5.75 Å². The van der Waals surface area contributed by atoms with E-state index in [2.05, 4.69) is 32.7 Å². The molecule has 2 aromatic carbocycles. The van der Waals surface area contributed by atoms with Crippen molar-refractivity contribution in [2.24, 2.45) is 0 Å². The molecule has 27 heavy (non-hydrogen) atoms. The van der Waals surface area contributed by atoms with Crippen molar-refractivity contribution in [3.05, 3.63) is 70.3 Å². The Kier molecular flexibility index (Phi) is 5.73. The lowest BCUT2D eigenvalue weighted by Crippen LogP contribution is -2.36. The average Bonchev–Trinajstić information content (AvgIpc) is 2.69. The predicted molar refractivity (Wildman–Crippen MR) is 112 cm³/mol. The molecule has 0 spiro atoms. The Morgan fingerprint density at radius 1 is 1.11 bits per heavy atom. The summed E-state index contributed by atoms with van der Waals surface area (Å²) in [7, 11) is 0. The summed E-state index contributed by atoms with van der Waals surface area (Å²) >= 11 is 6.11. The quantitative estimate of drug-likeness (QED) is 0.712. The Balaban J connectivity index is 1.74. The van der Waals surface area contributed by atoms with Gasteiger partial charge in [-0.25, -0.2) is 0 Å². The largest absolute Gasteiger partial charge is 0.494 e. The number of carbonyl (C=O) groups excluding carboxylic acids is 1. The molecule has 142 valence electrons. The summed E-state index contributed by atoms with van der Waals surface area (Å²) in [6.45, 7) is 12.2. The maximum absolute atomic E-state index is 13.0. The average molecular weight is 384 g/mol. The van der Waals surface area contributed by atoms with Gasteiger partial charge in [0.15, 0.2) is 5.78 Å². The predicted octanol–water partition coefficient (Wildman–Crippen LogP) is 5.30. The van der Waals surface area contributed by atoms with Crippen LogP contribution in [-0.4, -0.2) is 24.5 Å². The zero-order valence-electron chi connectivity index (χ0n) is 16.2. The number of hydrogen-bond acceptors (Lipinski definition) is 3. The first-order valence-electron chi connectivity index (χ1n) is 9.28. The highest BCUT2D eigenvalue weighted by molar-refractivity contribution is 6.31. The van der Waals surface area contributed by atoms with Crippen LogP contribution in [0, 0.1) is 0 Å². The molecule has 0 aliphatic heterocycles. The number of hydrogen-bond donors (Lipinski definition) is 1. The van der Waals surface area contributed by atoms with Crippen molar-refractivity contribution in [2.75, 3.05) is 13.2 Å². The number of halogens is 1. The Bertz CT molecular complexity index is 880. The number of allylic oxidation sites excluding steroid dienone is 1. The van der Waals surface area contributed by atoms with Crippen molar-refractivity contribution in [3.63, 3.8) is 0 Å². The van der Waals surface area contributed by atoms with Crippen molar-refractivity contribution >= 4 is 23.0 Å². The van der Waals surface area contributed by atoms with E-state index in [1.807, 2.05) is 24.3 Å². The fraction of sp³-hybridized carbons (Fsp3) is 0.348. The lowest BCUT2D eigenvalue weighted by Gasteiger charge is -2.20. The number of nitrogens with one attached hydrogen (secondary N) is 1. The van der Waals surface area contributed by atoms with E-state index in [1.54, 1.807) is 12.1 Å². The normalized spacial score (nSPS) is 13.8. The van der Waals surface area contributed by atoms with Crippen LogP contribution in [0.5, 0.6) is 5.75 Å². The molecule has 1 aliphatic carbocycles. The maximum Gasteiger partial charge on any atom is 0.193 e. The zero-order valence-corrected chi connectivity index (χ0v) is 17.0. The second-order valence-corrected chi connectivity index (χ2v) is 8.43. The number of rotatable bonds is 5. The second-order valence-electron chi connectivity index (χ2n) is 8.00. The minimum Gasteiger partial charge on any atom is -0.494 e. The first kappa shape index (κ1) is 19.7. The van der Waals surface area contributed by atoms with E-state index in [0.717, 1.165) is 35.4 Å². The minimum atomic E-state index is 0.0104. The highest BCUT2D eigenvalue weighted by Gasteiger charge is 2.23. The third-order valence-electron chi connectivity index (χ3n) is 4.58. The summed E-state index contributed by atoms with van der Waals surface area (Å²) in [4.78, 5) is 13.0. The Morgan fingerprint density at radius 2 is 1.85 bits per heavy atom. The fourth-order valence-electron chi connectivity index (χ4n) is 3.23. The van der Waals surface area contributed by atoms with Gasteiger partial charge >= 0.3 is 0 Å². The molecule has 1 aliphatic rings. The molecule has 0 aromatic heterocycles. The molecule has 0 amide bonds. The molecule has 0 atom stereocenters. The maximum atomic E-state index is 13.0. The van der Waals surface area contributed by atoms with Crippen LogP contribution in [0.3, 0.4) is 0 Å². The molecular formula is C23H26ClNO2. The number of ketones is 1. The van der Waals surface area contributed by atoms with Crippen molar-refractivity contribution < 1.29 is 9.53 Å². The standard InChI is InChI=1S/C23H26ClNO2/c1-15-12-16-13-17(24)6-8-19(16)22(26)20-9-7-18(14-21(15)20)27-11-5-10-25-23(2,3)4/h6-9,13-14,25H,1,5,10-12H2,2-4H3. The Labute approximate surface area is 166 Å². The van der Waals surface area contributed by atoms with E-state index in [0.29, 0.717) is 29.2 Å². The molecule has 3 rings (SSSR count).